The van der Waals surface area contributed by atoms with Gasteiger partial charge in [0.1, 0.15) is 6.04 Å². The van der Waals surface area contributed by atoms with Crippen LogP contribution >= 0.6 is 0 Å². The van der Waals surface area contributed by atoms with Gasteiger partial charge in [-0.05, 0) is 24.1 Å². The van der Waals surface area contributed by atoms with Gasteiger partial charge in [0, 0.05) is 18.2 Å². The highest BCUT2D eigenvalue weighted by Gasteiger charge is 2.33. The van der Waals surface area contributed by atoms with Gasteiger partial charge in [0.15, 0.2) is 0 Å². The Hall–Kier alpha value is -5.04. The highest BCUT2D eigenvalue weighted by Crippen LogP contribution is 2.27. The van der Waals surface area contributed by atoms with Gasteiger partial charge < -0.3 is 15.5 Å². The molecular formula is C33H30N4O3. The molecule has 0 saturated heterocycles. The second-order valence-corrected chi connectivity index (χ2v) is 9.65. The Morgan fingerprint density at radius 2 is 1.27 bits per heavy atom. The van der Waals surface area contributed by atoms with Crippen LogP contribution in [-0.4, -0.2) is 42.7 Å². The van der Waals surface area contributed by atoms with Gasteiger partial charge in [-0.15, -0.1) is 0 Å². The standard InChI is InChI=1S/C33H30N4O3/c1-22(34-32(39)28(23-14-6-3-7-15-23)24-16-8-4-9-17-24)31(38)36-30-33(40)37(2)27-21-13-12-20-26(27)29(35-30)25-18-10-5-11-19-25/h3-22,28,30H,1-2H3,(H,34,39)(H,36,38)/t22-,30+/m0/s1. The molecule has 2 N–H and O–H groups in total. The van der Waals surface area contributed by atoms with Crippen molar-refractivity contribution in [2.75, 3.05) is 11.9 Å². The first kappa shape index (κ1) is 26.6. The number of para-hydroxylation sites is 1. The predicted octanol–water partition coefficient (Wildman–Crippen LogP) is 4.28. The minimum atomic E-state index is -1.17. The average molecular weight is 531 g/mol. The Kier molecular flexibility index (Phi) is 7.82. The fourth-order valence-electron chi connectivity index (χ4n) is 4.85. The molecule has 40 heavy (non-hydrogen) atoms. The maximum atomic E-state index is 13.5. The molecule has 0 aliphatic carbocycles. The number of amides is 3. The molecular weight excluding hydrogens is 500 g/mol. The maximum Gasteiger partial charge on any atom is 0.272 e. The summed E-state index contributed by atoms with van der Waals surface area (Å²) in [5.41, 5.74) is 4.54. The number of aliphatic imine (C=N–C) groups is 1. The fourth-order valence-corrected chi connectivity index (χ4v) is 4.85. The second-order valence-electron chi connectivity index (χ2n) is 9.65. The van der Waals surface area contributed by atoms with Crippen LogP contribution in [-0.2, 0) is 14.4 Å². The number of rotatable bonds is 7. The normalized spacial score (nSPS) is 15.5. The van der Waals surface area contributed by atoms with Crippen LogP contribution in [0, 0.1) is 0 Å². The Morgan fingerprint density at radius 1 is 0.750 bits per heavy atom. The summed E-state index contributed by atoms with van der Waals surface area (Å²) in [7, 11) is 1.67. The zero-order valence-corrected chi connectivity index (χ0v) is 22.3. The highest BCUT2D eigenvalue weighted by molar-refractivity contribution is 6.20. The number of nitrogens with zero attached hydrogens (tertiary/aromatic N) is 2. The first-order chi connectivity index (χ1) is 19.4. The second kappa shape index (κ2) is 11.8. The fraction of sp³-hybridized carbons (Fsp3) is 0.152. The van der Waals surface area contributed by atoms with E-state index in [1.54, 1.807) is 14.0 Å². The molecule has 0 spiro atoms. The molecule has 0 radical (unpaired) electrons. The number of likely N-dealkylation sites (N-methyl/N-ethyl adjacent to an activating group) is 1. The summed E-state index contributed by atoms with van der Waals surface area (Å²) < 4.78 is 0. The molecule has 3 amide bonds. The van der Waals surface area contributed by atoms with Crippen molar-refractivity contribution >= 4 is 29.1 Å². The van der Waals surface area contributed by atoms with Crippen molar-refractivity contribution in [1.29, 1.82) is 0 Å². The third kappa shape index (κ3) is 5.54. The van der Waals surface area contributed by atoms with Crippen molar-refractivity contribution in [3.63, 3.8) is 0 Å². The predicted molar refractivity (Wildman–Crippen MR) is 156 cm³/mol. The van der Waals surface area contributed by atoms with Crippen molar-refractivity contribution in [3.05, 3.63) is 138 Å². The van der Waals surface area contributed by atoms with Crippen molar-refractivity contribution < 1.29 is 14.4 Å². The zero-order valence-electron chi connectivity index (χ0n) is 22.3. The summed E-state index contributed by atoms with van der Waals surface area (Å²) in [5.74, 6) is -1.80. The number of carbonyl (C=O) groups excluding carboxylic acids is 3. The lowest BCUT2D eigenvalue weighted by Crippen LogP contribution is -2.52. The summed E-state index contributed by atoms with van der Waals surface area (Å²) in [5, 5.41) is 5.61. The summed E-state index contributed by atoms with van der Waals surface area (Å²) in [6.45, 7) is 1.60. The minimum Gasteiger partial charge on any atom is -0.344 e. The minimum absolute atomic E-state index is 0.315. The van der Waals surface area contributed by atoms with Crippen molar-refractivity contribution in [3.8, 4) is 0 Å². The van der Waals surface area contributed by atoms with E-state index in [1.807, 2.05) is 115 Å². The van der Waals surface area contributed by atoms with Crippen molar-refractivity contribution in [2.45, 2.75) is 25.0 Å². The molecule has 7 heteroatoms. The Balaban J connectivity index is 1.39. The van der Waals surface area contributed by atoms with Gasteiger partial charge in [-0.3, -0.25) is 14.4 Å². The first-order valence-electron chi connectivity index (χ1n) is 13.1. The van der Waals surface area contributed by atoms with Crippen LogP contribution in [0.25, 0.3) is 0 Å². The summed E-state index contributed by atoms with van der Waals surface area (Å²) in [4.78, 5) is 46.6. The largest absolute Gasteiger partial charge is 0.344 e. The summed E-state index contributed by atoms with van der Waals surface area (Å²) in [6.07, 6.45) is -1.17. The first-order valence-corrected chi connectivity index (χ1v) is 13.1. The van der Waals surface area contributed by atoms with Crippen LogP contribution in [0.4, 0.5) is 5.69 Å². The van der Waals surface area contributed by atoms with Crippen molar-refractivity contribution in [2.24, 2.45) is 4.99 Å². The van der Waals surface area contributed by atoms with Crippen LogP contribution in [0.1, 0.15) is 35.1 Å². The topological polar surface area (TPSA) is 90.9 Å². The van der Waals surface area contributed by atoms with E-state index < -0.39 is 24.0 Å². The van der Waals surface area contributed by atoms with Gasteiger partial charge in [0.05, 0.1) is 17.3 Å². The molecule has 2 atom stereocenters. The van der Waals surface area contributed by atoms with Gasteiger partial charge >= 0.3 is 0 Å². The number of hydrogen-bond acceptors (Lipinski definition) is 4. The lowest BCUT2D eigenvalue weighted by Gasteiger charge is -2.23. The third-order valence-corrected chi connectivity index (χ3v) is 6.95. The van der Waals surface area contributed by atoms with E-state index in [0.29, 0.717) is 11.4 Å². The van der Waals surface area contributed by atoms with Gasteiger partial charge in [-0.25, -0.2) is 4.99 Å². The summed E-state index contributed by atoms with van der Waals surface area (Å²) in [6, 6.07) is 35.0. The third-order valence-electron chi connectivity index (χ3n) is 6.95. The smallest absolute Gasteiger partial charge is 0.272 e. The Bertz CT molecular complexity index is 1500. The van der Waals surface area contributed by atoms with Crippen molar-refractivity contribution in [1.82, 2.24) is 10.6 Å². The monoisotopic (exact) mass is 530 g/mol. The molecule has 1 aliphatic heterocycles. The van der Waals surface area contributed by atoms with E-state index in [1.165, 1.54) is 4.90 Å². The Labute approximate surface area is 233 Å². The van der Waals surface area contributed by atoms with Crippen LogP contribution in [0.2, 0.25) is 0 Å². The molecule has 0 aromatic heterocycles. The number of nitrogens with one attached hydrogen (secondary N) is 2. The van der Waals surface area contributed by atoms with E-state index in [0.717, 1.165) is 22.3 Å². The molecule has 7 nitrogen and oxygen atoms in total. The van der Waals surface area contributed by atoms with E-state index in [9.17, 15) is 14.4 Å². The molecule has 200 valence electrons. The number of anilines is 1. The van der Waals surface area contributed by atoms with E-state index in [-0.39, 0.29) is 11.8 Å². The van der Waals surface area contributed by atoms with Gasteiger partial charge in [-0.2, -0.15) is 0 Å². The zero-order chi connectivity index (χ0) is 28.1. The van der Waals surface area contributed by atoms with Crippen LogP contribution in [0.15, 0.2) is 120 Å². The molecule has 1 aliphatic rings. The Morgan fingerprint density at radius 3 is 1.88 bits per heavy atom. The van der Waals surface area contributed by atoms with E-state index in [4.69, 9.17) is 4.99 Å². The summed E-state index contributed by atoms with van der Waals surface area (Å²) >= 11 is 0. The molecule has 4 aromatic carbocycles. The highest BCUT2D eigenvalue weighted by atomic mass is 16.2. The number of fused-ring (bicyclic) bond motifs is 1. The molecule has 1 heterocycles. The van der Waals surface area contributed by atoms with Gasteiger partial charge in [0.2, 0.25) is 18.0 Å². The molecule has 0 bridgehead atoms. The molecule has 0 fully saturated rings. The maximum absolute atomic E-state index is 13.5. The molecule has 4 aromatic rings. The lowest BCUT2D eigenvalue weighted by molar-refractivity contribution is -0.131. The lowest BCUT2D eigenvalue weighted by atomic mass is 9.90. The van der Waals surface area contributed by atoms with E-state index in [2.05, 4.69) is 10.6 Å². The molecule has 5 rings (SSSR count). The van der Waals surface area contributed by atoms with Crippen LogP contribution in [0.5, 0.6) is 0 Å². The number of carbonyl (C=O) groups is 3. The average Bonchev–Trinajstić information content (AvgIpc) is 3.09. The number of benzodiazepines with no additional fused rings is 1. The quantitative estimate of drug-likeness (QED) is 0.374. The molecule has 0 saturated carbocycles. The van der Waals surface area contributed by atoms with Crippen LogP contribution < -0.4 is 15.5 Å². The molecule has 0 unspecified atom stereocenters. The number of benzene rings is 4. The van der Waals surface area contributed by atoms with Gasteiger partial charge in [-0.1, -0.05) is 109 Å². The SMILES string of the molecule is C[C@H](NC(=O)C(c1ccccc1)c1ccccc1)C(=O)N[C@H]1N=C(c2ccccc2)c2ccccc2N(C)C1=O. The van der Waals surface area contributed by atoms with E-state index >= 15 is 0 Å². The van der Waals surface area contributed by atoms with Crippen LogP contribution in [0.3, 0.4) is 0 Å². The van der Waals surface area contributed by atoms with Gasteiger partial charge in [0.25, 0.3) is 5.91 Å². The number of hydrogen-bond donors (Lipinski definition) is 2.